The zero-order valence-electron chi connectivity index (χ0n) is 17.1. The number of hydrogen-bond donors (Lipinski definition) is 3. The van der Waals surface area contributed by atoms with Crippen molar-refractivity contribution in [1.29, 1.82) is 0 Å². The maximum Gasteiger partial charge on any atom is 0.337 e. The van der Waals surface area contributed by atoms with Gasteiger partial charge in [0.25, 0.3) is 12.3 Å². The molecule has 10 heteroatoms. The van der Waals surface area contributed by atoms with Crippen molar-refractivity contribution in [3.8, 4) is 0 Å². The van der Waals surface area contributed by atoms with Gasteiger partial charge in [-0.2, -0.15) is 5.10 Å². The summed E-state index contributed by atoms with van der Waals surface area (Å²) in [7, 11) is 0. The maximum absolute atomic E-state index is 12.9. The van der Waals surface area contributed by atoms with Crippen molar-refractivity contribution in [3.63, 3.8) is 0 Å². The van der Waals surface area contributed by atoms with Gasteiger partial charge in [-0.15, -0.1) is 0 Å². The van der Waals surface area contributed by atoms with Gasteiger partial charge in [0.2, 0.25) is 0 Å². The molecule has 0 radical (unpaired) electrons. The molecule has 0 spiro atoms. The number of nitrogens with zero attached hydrogens (tertiary/aromatic N) is 3. The zero-order chi connectivity index (χ0) is 22.9. The Morgan fingerprint density at radius 3 is 2.58 bits per heavy atom. The highest BCUT2D eigenvalue weighted by atomic mass is 19.3. The van der Waals surface area contributed by atoms with Gasteiger partial charge in [-0.05, 0) is 51.5 Å². The molecule has 2 heterocycles. The molecule has 0 bridgehead atoms. The van der Waals surface area contributed by atoms with Gasteiger partial charge in [-0.25, -0.2) is 18.6 Å². The number of alkyl halides is 2. The first kappa shape index (κ1) is 22.3. The van der Waals surface area contributed by atoms with Crippen LogP contribution in [0.15, 0.2) is 36.5 Å². The Hall–Kier alpha value is -3.40. The molecule has 1 unspecified atom stereocenters. The average Bonchev–Trinajstić information content (AvgIpc) is 3.09. The first-order valence-electron chi connectivity index (χ1n) is 9.49. The van der Waals surface area contributed by atoms with Crippen LogP contribution < -0.4 is 5.32 Å². The molecular formula is C21H22F2N4O4. The summed E-state index contributed by atoms with van der Waals surface area (Å²) in [4.78, 5) is 27.8. The molecule has 0 aliphatic rings. The fourth-order valence-corrected chi connectivity index (χ4v) is 3.30. The standard InChI is InChI=1S/C21H22F2N4O4/c1-11(9-21(2,3)31)27-10-12-7-17(13(20(29)30)8-16(12)26-27)25-19(28)15-6-4-5-14(24-15)18(22)23/h4-8,10-11,18,31H,9H2,1-3H3,(H,25,28)(H,29,30). The first-order valence-corrected chi connectivity index (χ1v) is 9.49. The van der Waals surface area contributed by atoms with Crippen LogP contribution in [0.4, 0.5) is 14.5 Å². The number of carbonyl (C=O) groups excluding carboxylic acids is 1. The first-order chi connectivity index (χ1) is 14.4. The second kappa shape index (κ2) is 8.38. The maximum atomic E-state index is 12.9. The number of carboxylic acids is 1. The summed E-state index contributed by atoms with van der Waals surface area (Å²) < 4.78 is 27.3. The van der Waals surface area contributed by atoms with Crippen molar-refractivity contribution in [3.05, 3.63) is 53.5 Å². The number of carboxylic acid groups (broad SMARTS) is 1. The molecule has 1 aromatic carbocycles. The average molecular weight is 432 g/mol. The zero-order valence-corrected chi connectivity index (χ0v) is 17.1. The number of pyridine rings is 1. The van der Waals surface area contributed by atoms with E-state index in [1.54, 1.807) is 24.7 Å². The minimum atomic E-state index is -2.84. The number of benzene rings is 1. The van der Waals surface area contributed by atoms with E-state index in [1.807, 2.05) is 6.92 Å². The van der Waals surface area contributed by atoms with Gasteiger partial charge in [0.1, 0.15) is 11.4 Å². The van der Waals surface area contributed by atoms with E-state index in [0.717, 1.165) is 6.07 Å². The molecule has 8 nitrogen and oxygen atoms in total. The molecule has 3 aromatic rings. The summed E-state index contributed by atoms with van der Waals surface area (Å²) in [6, 6.07) is 6.24. The summed E-state index contributed by atoms with van der Waals surface area (Å²) in [5.74, 6) is -2.10. The van der Waals surface area contributed by atoms with E-state index in [-0.39, 0.29) is 23.0 Å². The number of hydrogen-bond acceptors (Lipinski definition) is 5. The second-order valence-electron chi connectivity index (χ2n) is 7.94. The van der Waals surface area contributed by atoms with E-state index in [4.69, 9.17) is 0 Å². The molecule has 1 amide bonds. The molecule has 3 N–H and O–H groups in total. The number of nitrogens with one attached hydrogen (secondary N) is 1. The predicted octanol–water partition coefficient (Wildman–Crippen LogP) is 4.04. The largest absolute Gasteiger partial charge is 0.478 e. The highest BCUT2D eigenvalue weighted by Crippen LogP contribution is 2.27. The molecule has 0 fully saturated rings. The third kappa shape index (κ3) is 5.21. The lowest BCUT2D eigenvalue weighted by molar-refractivity contribution is 0.0553. The van der Waals surface area contributed by atoms with Crippen molar-refractivity contribution in [2.75, 3.05) is 5.32 Å². The van der Waals surface area contributed by atoms with Crippen LogP contribution in [0.25, 0.3) is 10.9 Å². The Bertz CT molecular complexity index is 1140. The van der Waals surface area contributed by atoms with Crippen molar-refractivity contribution >= 4 is 28.5 Å². The minimum Gasteiger partial charge on any atom is -0.478 e. The monoisotopic (exact) mass is 432 g/mol. The number of amides is 1. The summed E-state index contributed by atoms with van der Waals surface area (Å²) in [6.07, 6.45) is -0.735. The van der Waals surface area contributed by atoms with E-state index >= 15 is 0 Å². The van der Waals surface area contributed by atoms with Crippen LogP contribution in [0.5, 0.6) is 0 Å². The van der Waals surface area contributed by atoms with Gasteiger partial charge in [0.05, 0.1) is 28.4 Å². The van der Waals surface area contributed by atoms with Crippen LogP contribution in [0.2, 0.25) is 0 Å². The molecular weight excluding hydrogens is 410 g/mol. The topological polar surface area (TPSA) is 117 Å². The Balaban J connectivity index is 1.95. The van der Waals surface area contributed by atoms with Crippen LogP contribution in [-0.2, 0) is 0 Å². The van der Waals surface area contributed by atoms with Crippen LogP contribution in [0.3, 0.4) is 0 Å². The Kier molecular flexibility index (Phi) is 6.03. The minimum absolute atomic E-state index is 0.0102. The molecule has 0 saturated carbocycles. The van der Waals surface area contributed by atoms with E-state index in [9.17, 15) is 28.6 Å². The summed E-state index contributed by atoms with van der Waals surface area (Å²) in [6.45, 7) is 5.23. The second-order valence-corrected chi connectivity index (χ2v) is 7.94. The summed E-state index contributed by atoms with van der Waals surface area (Å²) >= 11 is 0. The van der Waals surface area contributed by atoms with Gasteiger partial charge in [-0.3, -0.25) is 9.48 Å². The molecule has 0 aliphatic heterocycles. The summed E-state index contributed by atoms with van der Waals surface area (Å²) in [5.41, 5.74) is -1.54. The molecule has 164 valence electrons. The third-order valence-electron chi connectivity index (χ3n) is 4.61. The Labute approximate surface area is 176 Å². The van der Waals surface area contributed by atoms with E-state index in [1.165, 1.54) is 24.3 Å². The number of rotatable bonds is 7. The van der Waals surface area contributed by atoms with Crippen molar-refractivity contribution < 1.29 is 28.6 Å². The van der Waals surface area contributed by atoms with Gasteiger partial charge < -0.3 is 15.5 Å². The normalized spacial score (nSPS) is 12.9. The lowest BCUT2D eigenvalue weighted by atomic mass is 10.0. The number of aliphatic hydroxyl groups is 1. The summed E-state index contributed by atoms with van der Waals surface area (Å²) in [5, 5.41) is 27.0. The third-order valence-corrected chi connectivity index (χ3v) is 4.61. The highest BCUT2D eigenvalue weighted by molar-refractivity contribution is 6.08. The predicted molar refractivity (Wildman–Crippen MR) is 109 cm³/mol. The van der Waals surface area contributed by atoms with Crippen LogP contribution in [-0.4, -0.2) is 42.5 Å². The molecule has 0 saturated heterocycles. The fourth-order valence-electron chi connectivity index (χ4n) is 3.30. The van der Waals surface area contributed by atoms with Crippen LogP contribution >= 0.6 is 0 Å². The number of aromatic carboxylic acids is 1. The van der Waals surface area contributed by atoms with Crippen LogP contribution in [0.1, 0.15) is 66.2 Å². The molecule has 3 rings (SSSR count). The Morgan fingerprint density at radius 1 is 1.26 bits per heavy atom. The van der Waals surface area contributed by atoms with Crippen molar-refractivity contribution in [2.45, 2.75) is 45.3 Å². The SMILES string of the molecule is CC(CC(C)(C)O)n1cc2cc(NC(=O)c3cccc(C(F)F)n3)c(C(=O)O)cc2n1. The van der Waals surface area contributed by atoms with Crippen LogP contribution in [0, 0.1) is 0 Å². The smallest absolute Gasteiger partial charge is 0.337 e. The van der Waals surface area contributed by atoms with Gasteiger partial charge >= 0.3 is 5.97 Å². The quantitative estimate of drug-likeness (QED) is 0.519. The molecule has 1 atom stereocenters. The lowest BCUT2D eigenvalue weighted by Crippen LogP contribution is -2.23. The number of anilines is 1. The lowest BCUT2D eigenvalue weighted by Gasteiger charge is -2.22. The molecule has 31 heavy (non-hydrogen) atoms. The fraction of sp³-hybridized carbons (Fsp3) is 0.333. The van der Waals surface area contributed by atoms with Crippen molar-refractivity contribution in [1.82, 2.24) is 14.8 Å². The number of halogens is 2. The molecule has 2 aromatic heterocycles. The highest BCUT2D eigenvalue weighted by Gasteiger charge is 2.21. The van der Waals surface area contributed by atoms with E-state index in [2.05, 4.69) is 15.4 Å². The van der Waals surface area contributed by atoms with E-state index in [0.29, 0.717) is 17.3 Å². The Morgan fingerprint density at radius 2 is 1.97 bits per heavy atom. The van der Waals surface area contributed by atoms with E-state index < -0.39 is 29.6 Å². The number of aromatic nitrogens is 3. The van der Waals surface area contributed by atoms with Gasteiger partial charge in [-0.1, -0.05) is 6.07 Å². The number of fused-ring (bicyclic) bond motifs is 1. The van der Waals surface area contributed by atoms with Gasteiger partial charge in [0, 0.05) is 11.6 Å². The molecule has 0 aliphatic carbocycles. The van der Waals surface area contributed by atoms with Gasteiger partial charge in [0.15, 0.2) is 0 Å². The number of carbonyl (C=O) groups is 2. The van der Waals surface area contributed by atoms with Crippen molar-refractivity contribution in [2.24, 2.45) is 0 Å².